The highest BCUT2D eigenvalue weighted by atomic mass is 16.5. The summed E-state index contributed by atoms with van der Waals surface area (Å²) < 4.78 is 11.4. The van der Waals surface area contributed by atoms with Crippen LogP contribution < -0.4 is 0 Å². The Bertz CT molecular complexity index is 403. The Hall–Kier alpha value is -0.830. The lowest BCUT2D eigenvalue weighted by Gasteiger charge is -2.54. The first kappa shape index (κ1) is 14.1. The monoisotopic (exact) mass is 278 g/mol. The number of hydrogen-bond acceptors (Lipinski definition) is 3. The van der Waals surface area contributed by atoms with E-state index >= 15 is 0 Å². The Morgan fingerprint density at radius 2 is 2.15 bits per heavy atom. The minimum Gasteiger partial charge on any atom is -0.469 e. The summed E-state index contributed by atoms with van der Waals surface area (Å²) in [7, 11) is 1.47. The highest BCUT2D eigenvalue weighted by Gasteiger charge is 2.52. The highest BCUT2D eigenvalue weighted by molar-refractivity contribution is 5.70. The molecule has 2 fully saturated rings. The van der Waals surface area contributed by atoms with Crippen LogP contribution in [0.3, 0.4) is 0 Å². The van der Waals surface area contributed by atoms with Gasteiger partial charge in [-0.05, 0) is 50.4 Å². The molecule has 3 heteroatoms. The van der Waals surface area contributed by atoms with Gasteiger partial charge in [-0.1, -0.05) is 25.0 Å². The molecule has 0 N–H and O–H groups in total. The molecule has 0 bridgehead atoms. The molecule has 0 unspecified atom stereocenters. The Balaban J connectivity index is 1.87. The van der Waals surface area contributed by atoms with Crippen LogP contribution >= 0.6 is 0 Å². The van der Waals surface area contributed by atoms with E-state index in [1.807, 2.05) is 0 Å². The molecule has 5 atom stereocenters. The third-order valence-corrected chi connectivity index (χ3v) is 5.64. The van der Waals surface area contributed by atoms with Crippen LogP contribution in [0.15, 0.2) is 12.2 Å². The molecule has 20 heavy (non-hydrogen) atoms. The largest absolute Gasteiger partial charge is 0.469 e. The predicted octanol–water partition coefficient (Wildman–Crippen LogP) is 3.48. The first-order valence-electron chi connectivity index (χ1n) is 8.05. The van der Waals surface area contributed by atoms with Crippen LogP contribution in [0.5, 0.6) is 0 Å². The summed E-state index contributed by atoms with van der Waals surface area (Å²) >= 11 is 0. The molecule has 0 spiro atoms. The molecule has 1 heterocycles. The summed E-state index contributed by atoms with van der Waals surface area (Å²) in [5.41, 5.74) is -0.346. The standard InChI is InChI=1S/C17H26O3/c1-17(11-16(18)19-2)14-9-5-3-7-12(14)13-8-4-6-10-15(13)20-17/h3,7,12-15H,4-6,8-11H2,1-2H3/t12-,13-,14+,15-,17+/m1/s1. The van der Waals surface area contributed by atoms with E-state index in [2.05, 4.69) is 19.1 Å². The normalized spacial score (nSPS) is 43.5. The average molecular weight is 278 g/mol. The van der Waals surface area contributed by atoms with Crippen molar-refractivity contribution >= 4 is 5.97 Å². The predicted molar refractivity (Wildman–Crippen MR) is 77.2 cm³/mol. The van der Waals surface area contributed by atoms with Crippen LogP contribution in [0, 0.1) is 17.8 Å². The zero-order valence-electron chi connectivity index (χ0n) is 12.6. The maximum absolute atomic E-state index is 11.8. The minimum absolute atomic E-state index is 0.143. The van der Waals surface area contributed by atoms with E-state index in [0.717, 1.165) is 19.3 Å². The van der Waals surface area contributed by atoms with Gasteiger partial charge >= 0.3 is 5.97 Å². The van der Waals surface area contributed by atoms with Crippen LogP contribution in [-0.2, 0) is 14.3 Å². The first-order chi connectivity index (χ1) is 9.64. The zero-order chi connectivity index (χ0) is 14.2. The lowest BCUT2D eigenvalue weighted by atomic mass is 9.61. The fourth-order valence-corrected chi connectivity index (χ4v) is 4.69. The van der Waals surface area contributed by atoms with Gasteiger partial charge in [0.1, 0.15) is 0 Å². The molecule has 0 amide bonds. The molecule has 3 nitrogen and oxygen atoms in total. The van der Waals surface area contributed by atoms with Crippen molar-refractivity contribution in [3.63, 3.8) is 0 Å². The number of carbonyl (C=O) groups excluding carboxylic acids is 1. The summed E-state index contributed by atoms with van der Waals surface area (Å²) in [5.74, 6) is 1.58. The van der Waals surface area contributed by atoms with Crippen LogP contribution in [0.1, 0.15) is 51.9 Å². The highest BCUT2D eigenvalue weighted by Crippen LogP contribution is 2.51. The number of esters is 1. The molecule has 1 saturated carbocycles. The number of fused-ring (bicyclic) bond motifs is 3. The van der Waals surface area contributed by atoms with Gasteiger partial charge in [0.05, 0.1) is 25.2 Å². The van der Waals surface area contributed by atoms with Crippen molar-refractivity contribution in [1.29, 1.82) is 0 Å². The number of hydrogen-bond donors (Lipinski definition) is 0. The second kappa shape index (κ2) is 5.51. The molecule has 1 aliphatic heterocycles. The minimum atomic E-state index is -0.346. The molecule has 112 valence electrons. The molecule has 3 rings (SSSR count). The van der Waals surface area contributed by atoms with Crippen molar-refractivity contribution in [3.8, 4) is 0 Å². The van der Waals surface area contributed by atoms with Crippen molar-refractivity contribution in [2.45, 2.75) is 63.6 Å². The topological polar surface area (TPSA) is 35.5 Å². The molecule has 0 aromatic carbocycles. The van der Waals surface area contributed by atoms with Crippen molar-refractivity contribution in [1.82, 2.24) is 0 Å². The summed E-state index contributed by atoms with van der Waals surface area (Å²) in [6, 6.07) is 0. The summed E-state index contributed by atoms with van der Waals surface area (Å²) in [6.45, 7) is 2.13. The molecule has 0 aromatic rings. The molecule has 0 radical (unpaired) electrons. The maximum Gasteiger partial charge on any atom is 0.308 e. The first-order valence-corrected chi connectivity index (χ1v) is 8.05. The number of rotatable bonds is 2. The van der Waals surface area contributed by atoms with Gasteiger partial charge < -0.3 is 9.47 Å². The van der Waals surface area contributed by atoms with Gasteiger partial charge in [0.25, 0.3) is 0 Å². The van der Waals surface area contributed by atoms with Gasteiger partial charge in [0.2, 0.25) is 0 Å². The fraction of sp³-hybridized carbons (Fsp3) is 0.824. The van der Waals surface area contributed by atoms with Crippen LogP contribution in [-0.4, -0.2) is 24.8 Å². The number of allylic oxidation sites excluding steroid dienone is 2. The van der Waals surface area contributed by atoms with Crippen molar-refractivity contribution in [2.75, 3.05) is 7.11 Å². The van der Waals surface area contributed by atoms with E-state index in [1.54, 1.807) is 0 Å². The van der Waals surface area contributed by atoms with E-state index in [9.17, 15) is 4.79 Å². The van der Waals surface area contributed by atoms with E-state index in [4.69, 9.17) is 9.47 Å². The van der Waals surface area contributed by atoms with E-state index in [1.165, 1.54) is 26.4 Å². The molecule has 0 aromatic heterocycles. The molecule has 2 aliphatic carbocycles. The smallest absolute Gasteiger partial charge is 0.308 e. The second-order valence-electron chi connectivity index (χ2n) is 6.86. The van der Waals surface area contributed by atoms with E-state index in [0.29, 0.717) is 30.3 Å². The molecule has 3 aliphatic rings. The molecular formula is C17H26O3. The second-order valence-corrected chi connectivity index (χ2v) is 6.86. The lowest BCUT2D eigenvalue weighted by Crippen LogP contribution is -2.56. The fourth-order valence-electron chi connectivity index (χ4n) is 4.69. The number of methoxy groups -OCH3 is 1. The molecule has 1 saturated heterocycles. The zero-order valence-corrected chi connectivity index (χ0v) is 12.6. The van der Waals surface area contributed by atoms with Gasteiger partial charge in [0, 0.05) is 0 Å². The van der Waals surface area contributed by atoms with Crippen LogP contribution in [0.2, 0.25) is 0 Å². The van der Waals surface area contributed by atoms with Gasteiger partial charge in [-0.2, -0.15) is 0 Å². The van der Waals surface area contributed by atoms with Crippen molar-refractivity contribution in [2.24, 2.45) is 17.8 Å². The third kappa shape index (κ3) is 2.41. The summed E-state index contributed by atoms with van der Waals surface area (Å²) in [6.07, 6.45) is 12.7. The Morgan fingerprint density at radius 1 is 1.35 bits per heavy atom. The average Bonchev–Trinajstić information content (AvgIpc) is 2.47. The van der Waals surface area contributed by atoms with Crippen LogP contribution in [0.25, 0.3) is 0 Å². The number of ether oxygens (including phenoxy) is 2. The SMILES string of the molecule is COC(=O)C[C@]1(C)O[C@@H]2CCCC[C@@H]2[C@H]2C=CCC[C@@H]21. The summed E-state index contributed by atoms with van der Waals surface area (Å²) in [5, 5.41) is 0. The maximum atomic E-state index is 11.8. The Labute approximate surface area is 121 Å². The Kier molecular flexibility index (Phi) is 3.89. The van der Waals surface area contributed by atoms with Gasteiger partial charge in [-0.3, -0.25) is 4.79 Å². The van der Waals surface area contributed by atoms with E-state index < -0.39 is 0 Å². The quantitative estimate of drug-likeness (QED) is 0.573. The van der Waals surface area contributed by atoms with Crippen LogP contribution in [0.4, 0.5) is 0 Å². The molecular weight excluding hydrogens is 252 g/mol. The van der Waals surface area contributed by atoms with Gasteiger partial charge in [-0.15, -0.1) is 0 Å². The van der Waals surface area contributed by atoms with Gasteiger partial charge in [-0.25, -0.2) is 0 Å². The van der Waals surface area contributed by atoms with Crippen molar-refractivity contribution < 1.29 is 14.3 Å². The Morgan fingerprint density at radius 3 is 2.95 bits per heavy atom. The van der Waals surface area contributed by atoms with Gasteiger partial charge in [0.15, 0.2) is 0 Å². The third-order valence-electron chi connectivity index (χ3n) is 5.64. The van der Waals surface area contributed by atoms with Crippen molar-refractivity contribution in [3.05, 3.63) is 12.2 Å². The van der Waals surface area contributed by atoms with E-state index in [-0.39, 0.29) is 11.6 Å². The summed E-state index contributed by atoms with van der Waals surface area (Å²) in [4.78, 5) is 11.8. The number of carbonyl (C=O) groups is 1. The lowest BCUT2D eigenvalue weighted by molar-refractivity contribution is -0.213.